The van der Waals surface area contributed by atoms with E-state index in [0.29, 0.717) is 24.9 Å². The highest BCUT2D eigenvalue weighted by Gasteiger charge is 2.40. The molecule has 1 aromatic carbocycles. The van der Waals surface area contributed by atoms with E-state index in [4.69, 9.17) is 0 Å². The molecule has 1 aromatic rings. The van der Waals surface area contributed by atoms with E-state index in [9.17, 15) is 23.3 Å². The van der Waals surface area contributed by atoms with Gasteiger partial charge in [-0.05, 0) is 31.2 Å². The van der Waals surface area contributed by atoms with Crippen LogP contribution in [0.4, 0.5) is 5.69 Å². The number of nitrogens with one attached hydrogen (secondary N) is 1. The number of hydrogen-bond donors (Lipinski definition) is 1. The molecule has 8 nitrogen and oxygen atoms in total. The van der Waals surface area contributed by atoms with Gasteiger partial charge in [-0.25, -0.2) is 8.42 Å². The Morgan fingerprint density at radius 2 is 1.92 bits per heavy atom. The van der Waals surface area contributed by atoms with Gasteiger partial charge in [0, 0.05) is 24.7 Å². The quantitative estimate of drug-likeness (QED) is 0.610. The smallest absolute Gasteiger partial charge is 0.269 e. The molecule has 3 rings (SSSR count). The first kappa shape index (κ1) is 16.8. The summed E-state index contributed by atoms with van der Waals surface area (Å²) < 4.78 is 26.6. The first-order valence-corrected chi connectivity index (χ1v) is 9.51. The maximum Gasteiger partial charge on any atom is 0.269 e. The Bertz CT molecular complexity index is 743. The van der Waals surface area contributed by atoms with Crippen LogP contribution in [-0.2, 0) is 20.6 Å². The Morgan fingerprint density at radius 3 is 2.50 bits per heavy atom. The van der Waals surface area contributed by atoms with Crippen molar-refractivity contribution in [1.29, 1.82) is 0 Å². The minimum atomic E-state index is -3.65. The molecule has 0 aromatic heterocycles. The van der Waals surface area contributed by atoms with E-state index < -0.39 is 21.0 Å². The summed E-state index contributed by atoms with van der Waals surface area (Å²) in [7, 11) is -3.65. The maximum absolute atomic E-state index is 12.6. The monoisotopic (exact) mass is 353 g/mol. The molecule has 1 aliphatic carbocycles. The molecule has 9 heteroatoms. The highest BCUT2D eigenvalue weighted by molar-refractivity contribution is 7.88. The van der Waals surface area contributed by atoms with Gasteiger partial charge in [0.25, 0.3) is 5.69 Å². The molecule has 1 unspecified atom stereocenters. The Balaban J connectivity index is 1.71. The van der Waals surface area contributed by atoms with Gasteiger partial charge >= 0.3 is 0 Å². The van der Waals surface area contributed by atoms with Gasteiger partial charge in [0.05, 0.1) is 10.7 Å². The number of non-ortho nitro benzene ring substituents is 1. The Morgan fingerprint density at radius 1 is 1.25 bits per heavy atom. The Labute approximate surface area is 140 Å². The highest BCUT2D eigenvalue weighted by Crippen LogP contribution is 2.26. The molecule has 0 spiro atoms. The topological polar surface area (TPSA) is 110 Å². The summed E-state index contributed by atoms with van der Waals surface area (Å²) >= 11 is 0. The SMILES string of the molecule is O=C(NC1CC1)C1CCCN1S(=O)(=O)Cc1ccc([N+](=O)[O-])cc1. The van der Waals surface area contributed by atoms with Crippen molar-refractivity contribution < 1.29 is 18.1 Å². The van der Waals surface area contributed by atoms with Crippen LogP contribution >= 0.6 is 0 Å². The second kappa shape index (κ2) is 6.48. The van der Waals surface area contributed by atoms with E-state index in [1.165, 1.54) is 28.6 Å². The van der Waals surface area contributed by atoms with Crippen molar-refractivity contribution in [2.75, 3.05) is 6.54 Å². The Kier molecular flexibility index (Phi) is 4.55. The molecule has 1 aliphatic heterocycles. The van der Waals surface area contributed by atoms with E-state index in [1.54, 1.807) is 0 Å². The van der Waals surface area contributed by atoms with Crippen molar-refractivity contribution in [3.05, 3.63) is 39.9 Å². The highest BCUT2D eigenvalue weighted by atomic mass is 32.2. The number of carbonyl (C=O) groups is 1. The van der Waals surface area contributed by atoms with Crippen molar-refractivity contribution in [2.45, 2.75) is 43.5 Å². The molecule has 0 radical (unpaired) electrons. The number of amides is 1. The van der Waals surface area contributed by atoms with Gasteiger partial charge in [-0.15, -0.1) is 0 Å². The molecule has 24 heavy (non-hydrogen) atoms. The summed E-state index contributed by atoms with van der Waals surface area (Å²) in [6.45, 7) is 0.331. The molecule has 1 amide bonds. The molecule has 130 valence electrons. The molecule has 1 atom stereocenters. The van der Waals surface area contributed by atoms with Gasteiger partial charge in [-0.3, -0.25) is 14.9 Å². The van der Waals surface area contributed by atoms with Crippen molar-refractivity contribution in [3.63, 3.8) is 0 Å². The summed E-state index contributed by atoms with van der Waals surface area (Å²) in [5, 5.41) is 13.5. The third kappa shape index (κ3) is 3.73. The van der Waals surface area contributed by atoms with E-state index in [1.807, 2.05) is 0 Å². The zero-order chi connectivity index (χ0) is 17.3. The van der Waals surface area contributed by atoms with Gasteiger partial charge in [-0.1, -0.05) is 12.1 Å². The second-order valence-electron chi connectivity index (χ2n) is 6.23. The third-order valence-electron chi connectivity index (χ3n) is 4.28. The fraction of sp³-hybridized carbons (Fsp3) is 0.533. The normalized spacial score (nSPS) is 21.6. The fourth-order valence-corrected chi connectivity index (χ4v) is 4.64. The molecule has 2 aliphatic rings. The molecule has 1 heterocycles. The van der Waals surface area contributed by atoms with Crippen LogP contribution < -0.4 is 5.32 Å². The van der Waals surface area contributed by atoms with Gasteiger partial charge in [0.2, 0.25) is 15.9 Å². The van der Waals surface area contributed by atoms with Gasteiger partial charge in [0.1, 0.15) is 6.04 Å². The molecule has 1 N–H and O–H groups in total. The van der Waals surface area contributed by atoms with Crippen LogP contribution in [0, 0.1) is 10.1 Å². The average Bonchev–Trinajstić information content (AvgIpc) is 3.18. The summed E-state index contributed by atoms with van der Waals surface area (Å²) in [5.41, 5.74) is 0.382. The number of rotatable bonds is 6. The van der Waals surface area contributed by atoms with Gasteiger partial charge in [0.15, 0.2) is 0 Å². The molecule has 0 bridgehead atoms. The van der Waals surface area contributed by atoms with Crippen LogP contribution in [0.5, 0.6) is 0 Å². The lowest BCUT2D eigenvalue weighted by molar-refractivity contribution is -0.384. The lowest BCUT2D eigenvalue weighted by Crippen LogP contribution is -2.46. The van der Waals surface area contributed by atoms with Crippen molar-refractivity contribution in [2.24, 2.45) is 0 Å². The van der Waals surface area contributed by atoms with Crippen molar-refractivity contribution in [3.8, 4) is 0 Å². The first-order chi connectivity index (χ1) is 11.4. The van der Waals surface area contributed by atoms with Crippen molar-refractivity contribution in [1.82, 2.24) is 9.62 Å². The summed E-state index contributed by atoms with van der Waals surface area (Å²) in [4.78, 5) is 22.4. The van der Waals surface area contributed by atoms with Crippen LogP contribution in [0.25, 0.3) is 0 Å². The average molecular weight is 353 g/mol. The number of nitro groups is 1. The van der Waals surface area contributed by atoms with Crippen LogP contribution in [0.2, 0.25) is 0 Å². The van der Waals surface area contributed by atoms with Gasteiger partial charge in [-0.2, -0.15) is 4.31 Å². The number of carbonyl (C=O) groups excluding carboxylic acids is 1. The van der Waals surface area contributed by atoms with E-state index in [-0.39, 0.29) is 23.4 Å². The number of nitro benzene ring substituents is 1. The zero-order valence-electron chi connectivity index (χ0n) is 13.1. The van der Waals surface area contributed by atoms with E-state index >= 15 is 0 Å². The molecule has 1 saturated carbocycles. The summed E-state index contributed by atoms with van der Waals surface area (Å²) in [6, 6.07) is 4.99. The van der Waals surface area contributed by atoms with E-state index in [2.05, 4.69) is 5.32 Å². The minimum Gasteiger partial charge on any atom is -0.352 e. The van der Waals surface area contributed by atoms with Crippen LogP contribution in [0.15, 0.2) is 24.3 Å². The molecular weight excluding hydrogens is 334 g/mol. The second-order valence-corrected chi connectivity index (χ2v) is 8.15. The fourth-order valence-electron chi connectivity index (χ4n) is 2.87. The summed E-state index contributed by atoms with van der Waals surface area (Å²) in [5.74, 6) is -0.486. The maximum atomic E-state index is 12.6. The number of benzene rings is 1. The van der Waals surface area contributed by atoms with Crippen LogP contribution in [0.1, 0.15) is 31.2 Å². The predicted octanol–water partition coefficient (Wildman–Crippen LogP) is 1.17. The number of hydrogen-bond acceptors (Lipinski definition) is 5. The van der Waals surface area contributed by atoms with Gasteiger partial charge < -0.3 is 5.32 Å². The van der Waals surface area contributed by atoms with Crippen LogP contribution in [-0.4, -0.2) is 42.2 Å². The third-order valence-corrected chi connectivity index (χ3v) is 6.13. The first-order valence-electron chi connectivity index (χ1n) is 7.90. The Hall–Kier alpha value is -2.00. The predicted molar refractivity (Wildman–Crippen MR) is 86.6 cm³/mol. The lowest BCUT2D eigenvalue weighted by Gasteiger charge is -2.23. The number of nitrogens with zero attached hydrogens (tertiary/aromatic N) is 2. The number of sulfonamides is 1. The standard InChI is InChI=1S/C15H19N3O5S/c19-15(16-12-5-6-12)14-2-1-9-17(14)24(22,23)10-11-3-7-13(8-4-11)18(20)21/h3-4,7-8,12,14H,1-2,5-6,9-10H2,(H,16,19). The molecular formula is C15H19N3O5S. The van der Waals surface area contributed by atoms with E-state index in [0.717, 1.165) is 12.8 Å². The minimum absolute atomic E-state index is 0.0843. The zero-order valence-corrected chi connectivity index (χ0v) is 13.9. The lowest BCUT2D eigenvalue weighted by atomic mass is 10.2. The van der Waals surface area contributed by atoms with Crippen molar-refractivity contribution >= 4 is 21.6 Å². The summed E-state index contributed by atoms with van der Waals surface area (Å²) in [6.07, 6.45) is 3.09. The van der Waals surface area contributed by atoms with Crippen LogP contribution in [0.3, 0.4) is 0 Å². The molecule has 1 saturated heterocycles. The largest absolute Gasteiger partial charge is 0.352 e. The molecule has 2 fully saturated rings.